The summed E-state index contributed by atoms with van der Waals surface area (Å²) in [5.74, 6) is 0.219. The Hall–Kier alpha value is -3.16. The third kappa shape index (κ3) is 4.23. The van der Waals surface area contributed by atoms with Gasteiger partial charge in [0.1, 0.15) is 11.4 Å². The van der Waals surface area contributed by atoms with Gasteiger partial charge in [0.05, 0.1) is 0 Å². The van der Waals surface area contributed by atoms with Crippen LogP contribution in [0.5, 0.6) is 5.75 Å². The Kier molecular flexibility index (Phi) is 5.08. The van der Waals surface area contributed by atoms with Gasteiger partial charge >= 0.3 is 6.09 Å². The number of aromatic amines is 1. The zero-order valence-electron chi connectivity index (χ0n) is 13.6. The van der Waals surface area contributed by atoms with Crippen molar-refractivity contribution in [3.05, 3.63) is 58.5 Å². The summed E-state index contributed by atoms with van der Waals surface area (Å²) >= 11 is 0. The number of amides is 2. The third-order valence-electron chi connectivity index (χ3n) is 3.89. The largest absolute Gasteiger partial charge is 0.415 e. The van der Waals surface area contributed by atoms with Gasteiger partial charge in [-0.2, -0.15) is 5.10 Å². The lowest BCUT2D eigenvalue weighted by Crippen LogP contribution is -2.39. The predicted octanol–water partition coefficient (Wildman–Crippen LogP) is 1.12. The van der Waals surface area contributed by atoms with Crippen molar-refractivity contribution in [1.82, 2.24) is 20.0 Å². The maximum Gasteiger partial charge on any atom is 0.415 e. The van der Waals surface area contributed by atoms with E-state index in [4.69, 9.17) is 4.74 Å². The summed E-state index contributed by atoms with van der Waals surface area (Å²) in [4.78, 5) is 38.9. The smallest absolute Gasteiger partial charge is 0.410 e. The molecular formula is C17H18N4O4. The Bertz CT molecular complexity index is 785. The number of rotatable bonds is 2. The number of nitrogens with one attached hydrogen (secondary N) is 1. The van der Waals surface area contributed by atoms with Crippen LogP contribution < -0.4 is 10.3 Å². The average molecular weight is 342 g/mol. The summed E-state index contributed by atoms with van der Waals surface area (Å²) in [6.07, 6.45) is 0.210. The standard InChI is InChI=1S/C17H18N4O4/c22-15-8-7-14(18-19-15)16(23)20-9-4-10-21(12-11-20)17(24)25-13-5-2-1-3-6-13/h1-3,5-8H,4,9-12H2,(H,19,22). The zero-order valence-corrected chi connectivity index (χ0v) is 13.6. The van der Waals surface area contributed by atoms with Crippen molar-refractivity contribution >= 4 is 12.0 Å². The van der Waals surface area contributed by atoms with Crippen LogP contribution >= 0.6 is 0 Å². The summed E-state index contributed by atoms with van der Waals surface area (Å²) in [5, 5.41) is 6.01. The zero-order chi connectivity index (χ0) is 17.6. The molecule has 0 atom stereocenters. The first kappa shape index (κ1) is 16.7. The molecule has 1 aliphatic heterocycles. The average Bonchev–Trinajstić information content (AvgIpc) is 2.89. The van der Waals surface area contributed by atoms with Gasteiger partial charge in [0.25, 0.3) is 11.5 Å². The highest BCUT2D eigenvalue weighted by atomic mass is 16.6. The van der Waals surface area contributed by atoms with Gasteiger partial charge in [-0.3, -0.25) is 9.59 Å². The van der Waals surface area contributed by atoms with Gasteiger partial charge in [0, 0.05) is 32.2 Å². The maximum atomic E-state index is 12.4. The van der Waals surface area contributed by atoms with E-state index in [-0.39, 0.29) is 17.2 Å². The molecule has 1 fully saturated rings. The molecule has 2 amide bonds. The minimum atomic E-state index is -0.428. The first-order valence-electron chi connectivity index (χ1n) is 8.00. The number of hydrogen-bond acceptors (Lipinski definition) is 5. The second-order valence-electron chi connectivity index (χ2n) is 5.62. The van der Waals surface area contributed by atoms with Crippen LogP contribution in [0.2, 0.25) is 0 Å². The molecule has 1 aliphatic rings. The number of ether oxygens (including phenoxy) is 1. The summed E-state index contributed by atoms with van der Waals surface area (Å²) in [6, 6.07) is 11.5. The number of carbonyl (C=O) groups is 2. The molecule has 2 aromatic rings. The van der Waals surface area contributed by atoms with E-state index >= 15 is 0 Å². The van der Waals surface area contributed by atoms with Crippen molar-refractivity contribution in [2.24, 2.45) is 0 Å². The van der Waals surface area contributed by atoms with Crippen LogP contribution in [0.3, 0.4) is 0 Å². The van der Waals surface area contributed by atoms with Crippen LogP contribution in [0.1, 0.15) is 16.9 Å². The third-order valence-corrected chi connectivity index (χ3v) is 3.89. The fourth-order valence-corrected chi connectivity index (χ4v) is 2.58. The van der Waals surface area contributed by atoms with Gasteiger partial charge in [0.15, 0.2) is 0 Å². The highest BCUT2D eigenvalue weighted by Crippen LogP contribution is 2.12. The van der Waals surface area contributed by atoms with Crippen LogP contribution in [0.15, 0.2) is 47.3 Å². The number of nitrogens with zero attached hydrogens (tertiary/aromatic N) is 3. The quantitative estimate of drug-likeness (QED) is 0.882. The SMILES string of the molecule is O=C(Oc1ccccc1)N1CCCN(C(=O)c2ccc(=O)[nH]n2)CC1. The summed E-state index contributed by atoms with van der Waals surface area (Å²) in [5.41, 5.74) is -0.179. The molecule has 0 saturated carbocycles. The molecule has 1 aromatic carbocycles. The van der Waals surface area contributed by atoms with Crippen molar-refractivity contribution in [2.45, 2.75) is 6.42 Å². The minimum Gasteiger partial charge on any atom is -0.410 e. The van der Waals surface area contributed by atoms with E-state index in [1.165, 1.54) is 12.1 Å². The number of H-pyrrole nitrogens is 1. The van der Waals surface area contributed by atoms with Gasteiger partial charge in [0.2, 0.25) is 0 Å². The van der Waals surface area contributed by atoms with E-state index in [1.54, 1.807) is 34.1 Å². The lowest BCUT2D eigenvalue weighted by molar-refractivity contribution is 0.0753. The molecule has 0 aliphatic carbocycles. The summed E-state index contributed by atoms with van der Waals surface area (Å²) in [6.45, 7) is 1.77. The molecule has 1 saturated heterocycles. The molecule has 0 spiro atoms. The van der Waals surface area contributed by atoms with E-state index in [0.29, 0.717) is 38.3 Å². The molecule has 8 nitrogen and oxygen atoms in total. The normalized spacial score (nSPS) is 14.7. The summed E-state index contributed by atoms with van der Waals surface area (Å²) in [7, 11) is 0. The maximum absolute atomic E-state index is 12.4. The molecule has 1 aromatic heterocycles. The van der Waals surface area contributed by atoms with Crippen molar-refractivity contribution in [1.29, 1.82) is 0 Å². The molecule has 0 bridgehead atoms. The van der Waals surface area contributed by atoms with Gasteiger partial charge in [-0.25, -0.2) is 9.89 Å². The molecule has 3 rings (SSSR count). The van der Waals surface area contributed by atoms with Crippen LogP contribution in [0, 0.1) is 0 Å². The Labute approximate surface area is 144 Å². The highest BCUT2D eigenvalue weighted by molar-refractivity contribution is 5.92. The number of para-hydroxylation sites is 1. The molecule has 1 N–H and O–H groups in total. The van der Waals surface area contributed by atoms with Gasteiger partial charge < -0.3 is 14.5 Å². The fraction of sp³-hybridized carbons (Fsp3) is 0.294. The Balaban J connectivity index is 1.60. The number of carbonyl (C=O) groups excluding carboxylic acids is 2. The lowest BCUT2D eigenvalue weighted by atomic mass is 10.3. The first-order valence-corrected chi connectivity index (χ1v) is 8.00. The van der Waals surface area contributed by atoms with E-state index < -0.39 is 6.09 Å². The molecule has 0 radical (unpaired) electrons. The Morgan fingerprint density at radius 1 is 0.960 bits per heavy atom. The second-order valence-corrected chi connectivity index (χ2v) is 5.62. The number of hydrogen-bond donors (Lipinski definition) is 1. The molecular weight excluding hydrogens is 324 g/mol. The van der Waals surface area contributed by atoms with Crippen molar-refractivity contribution in [2.75, 3.05) is 26.2 Å². The fourth-order valence-electron chi connectivity index (χ4n) is 2.58. The highest BCUT2D eigenvalue weighted by Gasteiger charge is 2.24. The van der Waals surface area contributed by atoms with E-state index in [2.05, 4.69) is 10.2 Å². The van der Waals surface area contributed by atoms with Gasteiger partial charge in [-0.1, -0.05) is 18.2 Å². The van der Waals surface area contributed by atoms with Crippen LogP contribution in [-0.4, -0.2) is 58.2 Å². The van der Waals surface area contributed by atoms with Crippen LogP contribution in [0.4, 0.5) is 4.79 Å². The molecule has 25 heavy (non-hydrogen) atoms. The van der Waals surface area contributed by atoms with Crippen molar-refractivity contribution < 1.29 is 14.3 Å². The Morgan fingerprint density at radius 2 is 1.68 bits per heavy atom. The topological polar surface area (TPSA) is 95.6 Å². The lowest BCUT2D eigenvalue weighted by Gasteiger charge is -2.21. The van der Waals surface area contributed by atoms with Crippen LogP contribution in [0.25, 0.3) is 0 Å². The Morgan fingerprint density at radius 3 is 2.40 bits per heavy atom. The number of aromatic nitrogens is 2. The van der Waals surface area contributed by atoms with Gasteiger partial charge in [-0.05, 0) is 24.6 Å². The van der Waals surface area contributed by atoms with E-state index in [0.717, 1.165) is 0 Å². The molecule has 130 valence electrons. The second kappa shape index (κ2) is 7.61. The molecule has 2 heterocycles. The van der Waals surface area contributed by atoms with E-state index in [1.807, 2.05) is 6.07 Å². The molecule has 8 heteroatoms. The summed E-state index contributed by atoms with van der Waals surface area (Å²) < 4.78 is 5.33. The first-order chi connectivity index (χ1) is 12.1. The van der Waals surface area contributed by atoms with Crippen molar-refractivity contribution in [3.8, 4) is 5.75 Å². The molecule has 0 unspecified atom stereocenters. The van der Waals surface area contributed by atoms with E-state index in [9.17, 15) is 14.4 Å². The monoisotopic (exact) mass is 342 g/mol. The van der Waals surface area contributed by atoms with Crippen LogP contribution in [-0.2, 0) is 0 Å². The minimum absolute atomic E-state index is 0.180. The predicted molar refractivity (Wildman–Crippen MR) is 89.4 cm³/mol. The van der Waals surface area contributed by atoms with Crippen molar-refractivity contribution in [3.63, 3.8) is 0 Å². The van der Waals surface area contributed by atoms with Gasteiger partial charge in [-0.15, -0.1) is 0 Å². The number of benzene rings is 1.